The molecule has 0 amide bonds. The first-order valence-corrected chi connectivity index (χ1v) is 8.16. The molecule has 2 rings (SSSR count). The van der Waals surface area contributed by atoms with Gasteiger partial charge in [-0.25, -0.2) is 4.98 Å². The second-order valence-electron chi connectivity index (χ2n) is 5.24. The van der Waals surface area contributed by atoms with Crippen LogP contribution in [0.2, 0.25) is 0 Å². The van der Waals surface area contributed by atoms with Crippen molar-refractivity contribution in [3.05, 3.63) is 51.6 Å². The van der Waals surface area contributed by atoms with E-state index in [0.717, 1.165) is 27.5 Å². The number of aromatic amines is 1. The summed E-state index contributed by atoms with van der Waals surface area (Å²) in [6.45, 7) is 8.50. The first-order valence-electron chi connectivity index (χ1n) is 6.77. The van der Waals surface area contributed by atoms with E-state index in [9.17, 15) is 0 Å². The van der Waals surface area contributed by atoms with E-state index in [0.29, 0.717) is 5.92 Å². The number of aromatic nitrogens is 2. The van der Waals surface area contributed by atoms with Crippen molar-refractivity contribution in [3.63, 3.8) is 0 Å². The average molecular weight is 304 g/mol. The van der Waals surface area contributed by atoms with Gasteiger partial charge < -0.3 is 4.98 Å². The molecule has 1 heterocycles. The van der Waals surface area contributed by atoms with Crippen molar-refractivity contribution in [2.45, 2.75) is 44.3 Å². The van der Waals surface area contributed by atoms with Crippen molar-refractivity contribution in [3.8, 4) is 0 Å². The Hall–Kier alpha value is -1.13. The van der Waals surface area contributed by atoms with Crippen LogP contribution in [0.1, 0.15) is 42.4 Å². The van der Waals surface area contributed by atoms with E-state index in [1.165, 1.54) is 10.5 Å². The van der Waals surface area contributed by atoms with Gasteiger partial charge in [0.25, 0.3) is 0 Å². The normalized spacial score (nSPS) is 11.1. The quantitative estimate of drug-likeness (QED) is 0.624. The molecule has 0 radical (unpaired) electrons. The summed E-state index contributed by atoms with van der Waals surface area (Å²) in [4.78, 5) is 9.22. The molecule has 0 saturated heterocycles. The number of H-pyrrole nitrogens is 1. The van der Waals surface area contributed by atoms with Crippen LogP contribution in [0.4, 0.5) is 0 Å². The minimum Gasteiger partial charge on any atom is -0.346 e. The second-order valence-corrected chi connectivity index (χ2v) is 6.64. The monoisotopic (exact) mass is 304 g/mol. The highest BCUT2D eigenvalue weighted by atomic mass is 32.2. The highest BCUT2D eigenvalue weighted by molar-refractivity contribution is 7.98. The van der Waals surface area contributed by atoms with Crippen LogP contribution in [0.3, 0.4) is 0 Å². The van der Waals surface area contributed by atoms with E-state index >= 15 is 0 Å². The predicted octanol–water partition coefficient (Wildman–Crippen LogP) is 5.17. The van der Waals surface area contributed by atoms with Crippen molar-refractivity contribution in [2.24, 2.45) is 0 Å². The Morgan fingerprint density at radius 3 is 2.55 bits per heavy atom. The van der Waals surface area contributed by atoms with Crippen LogP contribution < -0.4 is 0 Å². The van der Waals surface area contributed by atoms with Crippen molar-refractivity contribution in [1.29, 1.82) is 0 Å². The van der Waals surface area contributed by atoms with Gasteiger partial charge in [0.1, 0.15) is 10.5 Å². The van der Waals surface area contributed by atoms with Crippen molar-refractivity contribution in [1.82, 2.24) is 9.97 Å². The number of benzene rings is 1. The van der Waals surface area contributed by atoms with Gasteiger partial charge in [-0.2, -0.15) is 0 Å². The Kier molecular flexibility index (Phi) is 5.00. The van der Waals surface area contributed by atoms with Crippen molar-refractivity contribution >= 4 is 24.0 Å². The molecule has 0 unspecified atom stereocenters. The summed E-state index contributed by atoms with van der Waals surface area (Å²) in [7, 11) is 0. The first-order chi connectivity index (χ1) is 9.49. The van der Waals surface area contributed by atoms with Gasteiger partial charge in [0, 0.05) is 16.2 Å². The number of thioether (sulfide) groups is 1. The van der Waals surface area contributed by atoms with Crippen molar-refractivity contribution in [2.75, 3.05) is 0 Å². The molecular formula is C16H20N2S2. The largest absolute Gasteiger partial charge is 0.346 e. The molecule has 20 heavy (non-hydrogen) atoms. The Balaban J connectivity index is 2.20. The van der Waals surface area contributed by atoms with E-state index in [4.69, 9.17) is 12.2 Å². The average Bonchev–Trinajstić information content (AvgIpc) is 2.36. The lowest BCUT2D eigenvalue weighted by molar-refractivity contribution is 0.810. The summed E-state index contributed by atoms with van der Waals surface area (Å²) in [5, 5.41) is 0. The van der Waals surface area contributed by atoms with Crippen LogP contribution in [0.15, 0.2) is 29.2 Å². The maximum Gasteiger partial charge on any atom is 0.133 e. The molecule has 4 heteroatoms. The molecule has 1 aromatic heterocycles. The molecular weight excluding hydrogens is 284 g/mol. The summed E-state index contributed by atoms with van der Waals surface area (Å²) in [5.41, 5.74) is 3.59. The zero-order valence-electron chi connectivity index (χ0n) is 12.4. The van der Waals surface area contributed by atoms with Crippen LogP contribution in [0.5, 0.6) is 0 Å². The number of nitrogens with zero attached hydrogens (tertiary/aromatic N) is 1. The van der Waals surface area contributed by atoms with Crippen LogP contribution in [0, 0.1) is 18.5 Å². The molecule has 0 bridgehead atoms. The Morgan fingerprint density at radius 2 is 1.95 bits per heavy atom. The number of rotatable bonds is 4. The zero-order valence-corrected chi connectivity index (χ0v) is 14.0. The van der Waals surface area contributed by atoms with E-state index in [1.54, 1.807) is 11.8 Å². The molecule has 0 saturated carbocycles. The second kappa shape index (κ2) is 6.55. The van der Waals surface area contributed by atoms with E-state index in [-0.39, 0.29) is 0 Å². The zero-order chi connectivity index (χ0) is 14.7. The molecule has 106 valence electrons. The molecule has 0 spiro atoms. The third-order valence-electron chi connectivity index (χ3n) is 3.24. The molecule has 2 aromatic rings. The maximum atomic E-state index is 5.42. The van der Waals surface area contributed by atoms with E-state index < -0.39 is 0 Å². The van der Waals surface area contributed by atoms with E-state index in [2.05, 4.69) is 61.9 Å². The number of nitrogens with one attached hydrogen (secondary N) is 1. The number of hydrogen-bond acceptors (Lipinski definition) is 3. The van der Waals surface area contributed by atoms with Gasteiger partial charge in [-0.15, -0.1) is 11.8 Å². The molecule has 2 nitrogen and oxygen atoms in total. The van der Waals surface area contributed by atoms with Gasteiger partial charge in [0.15, 0.2) is 0 Å². The Bertz CT molecular complexity index is 660. The van der Waals surface area contributed by atoms with Gasteiger partial charge in [0.05, 0.1) is 5.75 Å². The summed E-state index contributed by atoms with van der Waals surface area (Å²) in [6.07, 6.45) is 0. The highest BCUT2D eigenvalue weighted by Crippen LogP contribution is 2.25. The van der Waals surface area contributed by atoms with Crippen LogP contribution in [-0.4, -0.2) is 9.97 Å². The summed E-state index contributed by atoms with van der Waals surface area (Å²) in [6, 6.07) is 8.40. The molecule has 0 aliphatic carbocycles. The molecule has 0 aliphatic rings. The van der Waals surface area contributed by atoms with E-state index in [1.807, 2.05) is 0 Å². The lowest BCUT2D eigenvalue weighted by atomic mass is 10.0. The smallest absolute Gasteiger partial charge is 0.133 e. The minimum absolute atomic E-state index is 0.407. The van der Waals surface area contributed by atoms with Crippen LogP contribution in [0.25, 0.3) is 0 Å². The SMILES string of the molecule is Cc1ccccc1SCc1nc(=S)c(C(C)C)c(C)[nH]1. The van der Waals surface area contributed by atoms with Crippen molar-refractivity contribution < 1.29 is 0 Å². The van der Waals surface area contributed by atoms with Crippen LogP contribution in [-0.2, 0) is 5.75 Å². The summed E-state index contributed by atoms with van der Waals surface area (Å²) in [5.74, 6) is 2.17. The fourth-order valence-corrected chi connectivity index (χ4v) is 3.67. The Labute approximate surface area is 130 Å². The topological polar surface area (TPSA) is 28.7 Å². The predicted molar refractivity (Wildman–Crippen MR) is 89.0 cm³/mol. The molecule has 1 N–H and O–H groups in total. The van der Waals surface area contributed by atoms with Gasteiger partial charge in [-0.05, 0) is 31.4 Å². The van der Waals surface area contributed by atoms with Gasteiger partial charge >= 0.3 is 0 Å². The molecule has 0 atom stereocenters. The highest BCUT2D eigenvalue weighted by Gasteiger charge is 2.09. The summed E-state index contributed by atoms with van der Waals surface area (Å²) < 4.78 is 0.733. The van der Waals surface area contributed by atoms with Gasteiger partial charge in [0.2, 0.25) is 0 Å². The number of hydrogen-bond donors (Lipinski definition) is 1. The first kappa shape index (κ1) is 15.3. The summed E-state index contributed by atoms with van der Waals surface area (Å²) >= 11 is 7.21. The number of aryl methyl sites for hydroxylation is 2. The molecule has 0 aliphatic heterocycles. The standard InChI is InChI=1S/C16H20N2S2/c1-10(2)15-12(4)17-14(18-16(15)19)9-20-13-8-6-5-7-11(13)3/h5-8,10H,9H2,1-4H3,(H,17,18,19). The van der Waals surface area contributed by atoms with Crippen LogP contribution >= 0.6 is 24.0 Å². The maximum absolute atomic E-state index is 5.42. The minimum atomic E-state index is 0.407. The molecule has 1 aromatic carbocycles. The fourth-order valence-electron chi connectivity index (χ4n) is 2.27. The third kappa shape index (κ3) is 3.49. The third-order valence-corrected chi connectivity index (χ3v) is 4.74. The lowest BCUT2D eigenvalue weighted by Crippen LogP contribution is -2.03. The fraction of sp³-hybridized carbons (Fsp3) is 0.375. The lowest BCUT2D eigenvalue weighted by Gasteiger charge is -2.12. The van der Waals surface area contributed by atoms with Gasteiger partial charge in [-0.1, -0.05) is 44.3 Å². The van der Waals surface area contributed by atoms with Gasteiger partial charge in [-0.3, -0.25) is 0 Å². The molecule has 0 fully saturated rings. The Morgan fingerprint density at radius 1 is 1.25 bits per heavy atom.